The van der Waals surface area contributed by atoms with E-state index in [9.17, 15) is 4.79 Å². The van der Waals surface area contributed by atoms with E-state index in [1.165, 1.54) is 45.2 Å². The highest BCUT2D eigenvalue weighted by Crippen LogP contribution is 2.28. The zero-order valence-corrected chi connectivity index (χ0v) is 16.4. The lowest BCUT2D eigenvalue weighted by Gasteiger charge is -2.09. The third-order valence-electron chi connectivity index (χ3n) is 3.63. The number of nitrogens with zero attached hydrogens (tertiary/aromatic N) is 1. The Labute approximate surface area is 152 Å². The number of thioether (sulfide) groups is 1. The predicted molar refractivity (Wildman–Crippen MR) is 103 cm³/mol. The van der Waals surface area contributed by atoms with Crippen LogP contribution in [0.4, 0.5) is 0 Å². The Hall–Kier alpha value is -1.17. The molecule has 0 saturated heterocycles. The van der Waals surface area contributed by atoms with Gasteiger partial charge in [0.25, 0.3) is 0 Å². The van der Waals surface area contributed by atoms with E-state index in [0.29, 0.717) is 5.75 Å². The van der Waals surface area contributed by atoms with Crippen molar-refractivity contribution in [3.8, 4) is 0 Å². The van der Waals surface area contributed by atoms with Gasteiger partial charge in [-0.05, 0) is 72.1 Å². The van der Waals surface area contributed by atoms with Crippen molar-refractivity contribution in [3.05, 3.63) is 55.7 Å². The molecule has 5 heteroatoms. The number of thiophene rings is 1. The average molecular weight is 406 g/mol. The Morgan fingerprint density at radius 1 is 1.17 bits per heavy atom. The smallest absolute Gasteiger partial charge is 0.183 e. The van der Waals surface area contributed by atoms with Crippen molar-refractivity contribution in [1.82, 2.24) is 4.98 Å². The number of Topliss-reactive ketones (excluding diaryl/α,β-unsaturated/α-hetero) is 1. The number of pyridine rings is 1. The molecule has 2 heterocycles. The number of benzene rings is 1. The van der Waals surface area contributed by atoms with Gasteiger partial charge in [-0.25, -0.2) is 4.98 Å². The van der Waals surface area contributed by atoms with Crippen LogP contribution in [0.1, 0.15) is 26.4 Å². The topological polar surface area (TPSA) is 30.0 Å². The first-order valence-electron chi connectivity index (χ1n) is 7.24. The maximum Gasteiger partial charge on any atom is 0.183 e. The molecule has 0 aliphatic heterocycles. The molecule has 23 heavy (non-hydrogen) atoms. The second kappa shape index (κ2) is 6.75. The fourth-order valence-corrected chi connectivity index (χ4v) is 4.83. The summed E-state index contributed by atoms with van der Waals surface area (Å²) in [5.41, 5.74) is 4.66. The molecule has 0 aliphatic rings. The van der Waals surface area contributed by atoms with Crippen LogP contribution in [0, 0.1) is 20.8 Å². The van der Waals surface area contributed by atoms with Crippen molar-refractivity contribution < 1.29 is 4.79 Å². The molecule has 0 atom stereocenters. The summed E-state index contributed by atoms with van der Waals surface area (Å²) in [5.74, 6) is 0.557. The molecule has 0 saturated carbocycles. The van der Waals surface area contributed by atoms with E-state index >= 15 is 0 Å². The Morgan fingerprint density at radius 2 is 1.96 bits per heavy atom. The van der Waals surface area contributed by atoms with Gasteiger partial charge in [-0.1, -0.05) is 23.4 Å². The maximum atomic E-state index is 12.2. The Kier molecular flexibility index (Phi) is 4.90. The van der Waals surface area contributed by atoms with Crippen LogP contribution in [0.3, 0.4) is 0 Å². The van der Waals surface area contributed by atoms with E-state index in [4.69, 9.17) is 4.98 Å². The lowest BCUT2D eigenvalue weighted by molar-refractivity contribution is 0.102. The van der Waals surface area contributed by atoms with Crippen molar-refractivity contribution in [2.45, 2.75) is 25.8 Å². The van der Waals surface area contributed by atoms with Crippen LogP contribution in [0.5, 0.6) is 0 Å². The summed E-state index contributed by atoms with van der Waals surface area (Å²) < 4.78 is 0.983. The van der Waals surface area contributed by atoms with Crippen LogP contribution in [-0.4, -0.2) is 16.5 Å². The predicted octanol–water partition coefficient (Wildman–Crippen LogP) is 5.96. The third kappa shape index (κ3) is 3.67. The molecule has 0 aliphatic carbocycles. The number of fused-ring (bicyclic) bond motifs is 1. The number of aryl methyl sites for hydroxylation is 3. The first-order chi connectivity index (χ1) is 10.9. The standard InChI is InChI=1S/C18H16BrNOS2/c1-10-6-12(3)18-13(7-10)11(2)8-17(20-18)22-9-14(21)15-4-5-16(19)23-15/h4-8H,9H2,1-3H3. The highest BCUT2D eigenvalue weighted by Gasteiger charge is 2.12. The first-order valence-corrected chi connectivity index (χ1v) is 9.83. The quantitative estimate of drug-likeness (QED) is 0.396. The number of hydrogen-bond acceptors (Lipinski definition) is 4. The SMILES string of the molecule is Cc1cc(C)c2nc(SCC(=O)c3ccc(Br)s3)cc(C)c2c1. The van der Waals surface area contributed by atoms with Crippen molar-refractivity contribution in [2.75, 3.05) is 5.75 Å². The highest BCUT2D eigenvalue weighted by atomic mass is 79.9. The van der Waals surface area contributed by atoms with E-state index in [1.807, 2.05) is 12.1 Å². The minimum atomic E-state index is 0.144. The molecule has 0 amide bonds. The summed E-state index contributed by atoms with van der Waals surface area (Å²) in [6.07, 6.45) is 0. The van der Waals surface area contributed by atoms with Crippen molar-refractivity contribution in [3.63, 3.8) is 0 Å². The Morgan fingerprint density at radius 3 is 2.65 bits per heavy atom. The van der Waals surface area contributed by atoms with Crippen molar-refractivity contribution in [1.29, 1.82) is 0 Å². The molecule has 118 valence electrons. The molecule has 3 aromatic rings. The van der Waals surface area contributed by atoms with E-state index in [0.717, 1.165) is 19.2 Å². The van der Waals surface area contributed by atoms with Gasteiger partial charge in [-0.15, -0.1) is 11.3 Å². The van der Waals surface area contributed by atoms with Crippen molar-refractivity contribution >= 4 is 55.7 Å². The molecule has 1 aromatic carbocycles. The minimum Gasteiger partial charge on any atom is -0.292 e. The number of carbonyl (C=O) groups is 1. The van der Waals surface area contributed by atoms with Gasteiger partial charge in [-0.3, -0.25) is 4.79 Å². The fraction of sp³-hybridized carbons (Fsp3) is 0.222. The molecule has 0 fully saturated rings. The highest BCUT2D eigenvalue weighted by molar-refractivity contribution is 9.11. The van der Waals surface area contributed by atoms with Gasteiger partial charge in [0.2, 0.25) is 0 Å². The minimum absolute atomic E-state index is 0.144. The zero-order chi connectivity index (χ0) is 16.6. The molecule has 3 rings (SSSR count). The molecule has 0 unspecified atom stereocenters. The second-order valence-corrected chi connectivity index (χ2v) is 9.03. The summed E-state index contributed by atoms with van der Waals surface area (Å²) in [6, 6.07) is 10.2. The zero-order valence-electron chi connectivity index (χ0n) is 13.1. The number of ketones is 1. The van der Waals surface area contributed by atoms with Crippen LogP contribution in [0.15, 0.2) is 39.1 Å². The molecule has 0 spiro atoms. The van der Waals surface area contributed by atoms with Gasteiger partial charge in [0, 0.05) is 5.39 Å². The van der Waals surface area contributed by atoms with E-state index in [-0.39, 0.29) is 5.78 Å². The number of halogens is 1. The number of aromatic nitrogens is 1. The lowest BCUT2D eigenvalue weighted by atomic mass is 10.0. The van der Waals surface area contributed by atoms with Crippen LogP contribution < -0.4 is 0 Å². The van der Waals surface area contributed by atoms with Crippen LogP contribution >= 0.6 is 39.0 Å². The molecule has 2 aromatic heterocycles. The largest absolute Gasteiger partial charge is 0.292 e. The Balaban J connectivity index is 1.85. The molecular formula is C18H16BrNOS2. The lowest BCUT2D eigenvalue weighted by Crippen LogP contribution is -2.00. The van der Waals surface area contributed by atoms with Crippen LogP contribution in [0.25, 0.3) is 10.9 Å². The second-order valence-electron chi connectivity index (χ2n) is 5.57. The number of rotatable bonds is 4. The van der Waals surface area contributed by atoms with E-state index in [2.05, 4.69) is 54.9 Å². The summed E-state index contributed by atoms with van der Waals surface area (Å²) in [7, 11) is 0. The van der Waals surface area contributed by atoms with Gasteiger partial charge in [0.1, 0.15) is 0 Å². The van der Waals surface area contributed by atoms with E-state index < -0.39 is 0 Å². The molecular weight excluding hydrogens is 390 g/mol. The molecule has 2 nitrogen and oxygen atoms in total. The fourth-order valence-electron chi connectivity index (χ4n) is 2.56. The van der Waals surface area contributed by atoms with Crippen molar-refractivity contribution in [2.24, 2.45) is 0 Å². The van der Waals surface area contributed by atoms with Gasteiger partial charge in [0.15, 0.2) is 5.78 Å². The normalized spacial score (nSPS) is 11.1. The summed E-state index contributed by atoms with van der Waals surface area (Å²) >= 11 is 6.37. The van der Waals surface area contributed by atoms with E-state index in [1.54, 1.807) is 0 Å². The van der Waals surface area contributed by atoms with Crippen LogP contribution in [-0.2, 0) is 0 Å². The monoisotopic (exact) mass is 405 g/mol. The maximum absolute atomic E-state index is 12.2. The van der Waals surface area contributed by atoms with Gasteiger partial charge < -0.3 is 0 Å². The molecule has 0 N–H and O–H groups in total. The molecule has 0 radical (unpaired) electrons. The average Bonchev–Trinajstić information content (AvgIpc) is 2.92. The third-order valence-corrected chi connectivity index (χ3v) is 6.21. The van der Waals surface area contributed by atoms with Gasteiger partial charge in [0.05, 0.1) is 25.0 Å². The number of hydrogen-bond donors (Lipinski definition) is 0. The first kappa shape index (κ1) is 16.7. The summed E-state index contributed by atoms with van der Waals surface area (Å²) in [6.45, 7) is 6.29. The van der Waals surface area contributed by atoms with Crippen LogP contribution in [0.2, 0.25) is 0 Å². The van der Waals surface area contributed by atoms with Gasteiger partial charge >= 0.3 is 0 Å². The summed E-state index contributed by atoms with van der Waals surface area (Å²) in [4.78, 5) is 17.8. The van der Waals surface area contributed by atoms with Gasteiger partial charge in [-0.2, -0.15) is 0 Å². The number of carbonyl (C=O) groups excluding carboxylic acids is 1. The Bertz CT molecular complexity index is 901. The summed E-state index contributed by atoms with van der Waals surface area (Å²) in [5, 5.41) is 2.10. The molecule has 0 bridgehead atoms.